The van der Waals surface area contributed by atoms with Crippen LogP contribution in [0.1, 0.15) is 19.8 Å². The van der Waals surface area contributed by atoms with Crippen LogP contribution in [0.15, 0.2) is 24.3 Å². The number of para-hydroxylation sites is 2. The predicted octanol–water partition coefficient (Wildman–Crippen LogP) is 1.78. The van der Waals surface area contributed by atoms with Gasteiger partial charge in [-0.1, -0.05) is 12.1 Å². The number of aromatic nitrogens is 2. The molecule has 1 aromatic heterocycles. The van der Waals surface area contributed by atoms with Gasteiger partial charge in [0, 0.05) is 6.54 Å². The van der Waals surface area contributed by atoms with E-state index in [9.17, 15) is 0 Å². The molecule has 0 aliphatic heterocycles. The maximum Gasteiger partial charge on any atom is 0.169 e. The van der Waals surface area contributed by atoms with E-state index in [-0.39, 0.29) is 6.10 Å². The highest BCUT2D eigenvalue weighted by Crippen LogP contribution is 2.18. The summed E-state index contributed by atoms with van der Waals surface area (Å²) in [6.07, 6.45) is 1.35. The van der Waals surface area contributed by atoms with Crippen molar-refractivity contribution in [1.29, 1.82) is 0 Å². The van der Waals surface area contributed by atoms with Crippen LogP contribution in [-0.4, -0.2) is 27.7 Å². The van der Waals surface area contributed by atoms with E-state index < -0.39 is 0 Å². The normalized spacial score (nSPS) is 12.6. The standard InChI is InChI=1S/C13H18N4O/c1-9(18)5-4-8-15-13-12(14)16-10-6-2-3-7-11(10)17-13/h2-3,6-7,9,18H,4-5,8H2,1H3,(H2,14,16)(H,15,17). The molecule has 0 bridgehead atoms. The summed E-state index contributed by atoms with van der Waals surface area (Å²) in [5.74, 6) is 1.02. The molecule has 0 saturated heterocycles. The molecule has 0 radical (unpaired) electrons. The zero-order valence-corrected chi connectivity index (χ0v) is 10.4. The lowest BCUT2D eigenvalue weighted by atomic mass is 10.2. The third kappa shape index (κ3) is 3.07. The first-order chi connectivity index (χ1) is 8.66. The monoisotopic (exact) mass is 246 g/mol. The van der Waals surface area contributed by atoms with Gasteiger partial charge in [0.2, 0.25) is 0 Å². The Hall–Kier alpha value is -1.88. The third-order valence-electron chi connectivity index (χ3n) is 2.69. The minimum atomic E-state index is -0.271. The highest BCUT2D eigenvalue weighted by atomic mass is 16.3. The molecule has 0 saturated carbocycles. The van der Waals surface area contributed by atoms with Gasteiger partial charge in [-0.2, -0.15) is 0 Å². The van der Waals surface area contributed by atoms with Gasteiger partial charge in [-0.15, -0.1) is 0 Å². The minimum absolute atomic E-state index is 0.271. The van der Waals surface area contributed by atoms with Gasteiger partial charge in [0.25, 0.3) is 0 Å². The number of anilines is 2. The number of fused-ring (bicyclic) bond motifs is 1. The Morgan fingerprint density at radius 1 is 1.28 bits per heavy atom. The predicted molar refractivity (Wildman–Crippen MR) is 73.4 cm³/mol. The second-order valence-electron chi connectivity index (χ2n) is 4.36. The quantitative estimate of drug-likeness (QED) is 0.700. The molecule has 18 heavy (non-hydrogen) atoms. The lowest BCUT2D eigenvalue weighted by Gasteiger charge is -2.09. The van der Waals surface area contributed by atoms with E-state index in [1.165, 1.54) is 0 Å². The van der Waals surface area contributed by atoms with Crippen molar-refractivity contribution in [2.45, 2.75) is 25.9 Å². The Balaban J connectivity index is 2.06. The molecule has 1 atom stereocenters. The Morgan fingerprint density at radius 2 is 1.94 bits per heavy atom. The van der Waals surface area contributed by atoms with Gasteiger partial charge in [-0.3, -0.25) is 0 Å². The summed E-state index contributed by atoms with van der Waals surface area (Å²) < 4.78 is 0. The van der Waals surface area contributed by atoms with Gasteiger partial charge in [0.1, 0.15) is 0 Å². The van der Waals surface area contributed by atoms with Gasteiger partial charge in [0.15, 0.2) is 11.6 Å². The van der Waals surface area contributed by atoms with Crippen molar-refractivity contribution >= 4 is 22.7 Å². The van der Waals surface area contributed by atoms with Crippen molar-refractivity contribution in [3.8, 4) is 0 Å². The molecule has 5 heteroatoms. The van der Waals surface area contributed by atoms with E-state index in [1.807, 2.05) is 24.3 Å². The molecule has 1 heterocycles. The van der Waals surface area contributed by atoms with Crippen molar-refractivity contribution in [3.05, 3.63) is 24.3 Å². The summed E-state index contributed by atoms with van der Waals surface area (Å²) in [7, 11) is 0. The van der Waals surface area contributed by atoms with E-state index in [2.05, 4.69) is 15.3 Å². The number of rotatable bonds is 5. The maximum atomic E-state index is 9.17. The average Bonchev–Trinajstić information content (AvgIpc) is 2.34. The summed E-state index contributed by atoms with van der Waals surface area (Å²) in [6, 6.07) is 7.62. The van der Waals surface area contributed by atoms with Gasteiger partial charge >= 0.3 is 0 Å². The van der Waals surface area contributed by atoms with Crippen LogP contribution in [0.25, 0.3) is 11.0 Å². The molecule has 0 amide bonds. The molecule has 2 rings (SSSR count). The first kappa shape index (κ1) is 12.6. The van der Waals surface area contributed by atoms with Crippen LogP contribution in [0.5, 0.6) is 0 Å². The molecular weight excluding hydrogens is 228 g/mol. The minimum Gasteiger partial charge on any atom is -0.393 e. The first-order valence-corrected chi connectivity index (χ1v) is 6.11. The molecule has 0 aliphatic rings. The van der Waals surface area contributed by atoms with Gasteiger partial charge in [-0.05, 0) is 31.9 Å². The smallest absolute Gasteiger partial charge is 0.169 e. The second-order valence-corrected chi connectivity index (χ2v) is 4.36. The zero-order chi connectivity index (χ0) is 13.0. The maximum absolute atomic E-state index is 9.17. The van der Waals surface area contributed by atoms with E-state index >= 15 is 0 Å². The summed E-state index contributed by atoms with van der Waals surface area (Å²) in [5, 5.41) is 12.3. The Kier molecular flexibility index (Phi) is 3.94. The van der Waals surface area contributed by atoms with E-state index in [4.69, 9.17) is 10.8 Å². The molecule has 2 aromatic rings. The SMILES string of the molecule is CC(O)CCCNc1nc2ccccc2nc1N. The van der Waals surface area contributed by atoms with E-state index in [0.29, 0.717) is 11.6 Å². The van der Waals surface area contributed by atoms with Crippen molar-refractivity contribution < 1.29 is 5.11 Å². The topological polar surface area (TPSA) is 84.1 Å². The van der Waals surface area contributed by atoms with Gasteiger partial charge in [-0.25, -0.2) is 9.97 Å². The molecule has 0 aliphatic carbocycles. The molecule has 1 unspecified atom stereocenters. The largest absolute Gasteiger partial charge is 0.393 e. The van der Waals surface area contributed by atoms with Gasteiger partial charge in [0.05, 0.1) is 17.1 Å². The highest BCUT2D eigenvalue weighted by molar-refractivity contribution is 5.79. The number of aliphatic hydroxyl groups is 1. The van der Waals surface area contributed by atoms with Crippen LogP contribution < -0.4 is 11.1 Å². The number of nitrogens with zero attached hydrogens (tertiary/aromatic N) is 2. The number of hydrogen-bond acceptors (Lipinski definition) is 5. The fourth-order valence-electron chi connectivity index (χ4n) is 1.75. The van der Waals surface area contributed by atoms with Crippen LogP contribution in [0, 0.1) is 0 Å². The van der Waals surface area contributed by atoms with Crippen molar-refractivity contribution in [1.82, 2.24) is 9.97 Å². The third-order valence-corrected chi connectivity index (χ3v) is 2.69. The molecular formula is C13H18N4O. The lowest BCUT2D eigenvalue weighted by Crippen LogP contribution is -2.10. The summed E-state index contributed by atoms with van der Waals surface area (Å²) in [4.78, 5) is 8.72. The Bertz CT molecular complexity index is 527. The summed E-state index contributed by atoms with van der Waals surface area (Å²) >= 11 is 0. The molecule has 0 fully saturated rings. The number of nitrogens with one attached hydrogen (secondary N) is 1. The van der Waals surface area contributed by atoms with Crippen molar-refractivity contribution in [2.24, 2.45) is 0 Å². The van der Waals surface area contributed by atoms with E-state index in [1.54, 1.807) is 6.92 Å². The fraction of sp³-hybridized carbons (Fsp3) is 0.385. The first-order valence-electron chi connectivity index (χ1n) is 6.11. The van der Waals surface area contributed by atoms with Crippen LogP contribution in [0.2, 0.25) is 0 Å². The fourth-order valence-corrected chi connectivity index (χ4v) is 1.75. The molecule has 5 nitrogen and oxygen atoms in total. The molecule has 0 spiro atoms. The zero-order valence-electron chi connectivity index (χ0n) is 10.4. The Labute approximate surface area is 106 Å². The molecule has 96 valence electrons. The molecule has 4 N–H and O–H groups in total. The van der Waals surface area contributed by atoms with Crippen LogP contribution >= 0.6 is 0 Å². The second kappa shape index (κ2) is 5.64. The van der Waals surface area contributed by atoms with Crippen LogP contribution in [0.3, 0.4) is 0 Å². The number of hydrogen-bond donors (Lipinski definition) is 3. The Morgan fingerprint density at radius 3 is 2.61 bits per heavy atom. The van der Waals surface area contributed by atoms with Crippen LogP contribution in [0.4, 0.5) is 11.6 Å². The van der Waals surface area contributed by atoms with Crippen molar-refractivity contribution in [3.63, 3.8) is 0 Å². The highest BCUT2D eigenvalue weighted by Gasteiger charge is 2.05. The number of nitrogens with two attached hydrogens (primary N) is 1. The van der Waals surface area contributed by atoms with Crippen molar-refractivity contribution in [2.75, 3.05) is 17.6 Å². The average molecular weight is 246 g/mol. The van der Waals surface area contributed by atoms with Crippen LogP contribution in [-0.2, 0) is 0 Å². The number of nitrogen functional groups attached to an aromatic ring is 1. The number of aliphatic hydroxyl groups excluding tert-OH is 1. The van der Waals surface area contributed by atoms with Gasteiger partial charge < -0.3 is 16.2 Å². The van der Waals surface area contributed by atoms with E-state index in [0.717, 1.165) is 30.4 Å². The molecule has 1 aromatic carbocycles. The number of benzene rings is 1. The summed E-state index contributed by atoms with van der Waals surface area (Å²) in [5.41, 5.74) is 7.46. The lowest BCUT2D eigenvalue weighted by molar-refractivity contribution is 0.183. The summed E-state index contributed by atoms with van der Waals surface area (Å²) in [6.45, 7) is 2.51.